The van der Waals surface area contributed by atoms with Crippen molar-refractivity contribution in [3.8, 4) is 6.07 Å². The molecule has 2 aromatic rings. The Bertz CT molecular complexity index is 936. The average molecular weight is 337 g/mol. The fourth-order valence-electron chi connectivity index (χ4n) is 2.77. The molecule has 1 aromatic heterocycles. The highest BCUT2D eigenvalue weighted by atomic mass is 16.2. The van der Waals surface area contributed by atoms with Crippen molar-refractivity contribution in [2.24, 2.45) is 0 Å². The first-order valence-electron chi connectivity index (χ1n) is 7.87. The second-order valence-electron chi connectivity index (χ2n) is 5.82. The number of Topliss-reactive ketones (excluding diaryl/α,β-unsaturated/α-hetero) is 1. The highest BCUT2D eigenvalue weighted by Crippen LogP contribution is 2.18. The maximum Gasteiger partial charge on any atom is 0.266 e. The third-order valence-corrected chi connectivity index (χ3v) is 4.10. The van der Waals surface area contributed by atoms with Crippen molar-refractivity contribution >= 4 is 17.4 Å². The number of nitriles is 1. The average Bonchev–Trinajstić information content (AvgIpc) is 2.55. The smallest absolute Gasteiger partial charge is 0.266 e. The third-order valence-electron chi connectivity index (χ3n) is 4.10. The van der Waals surface area contributed by atoms with Crippen LogP contribution in [0.15, 0.2) is 29.1 Å². The van der Waals surface area contributed by atoms with Crippen molar-refractivity contribution in [1.82, 2.24) is 4.98 Å². The van der Waals surface area contributed by atoms with E-state index in [1.165, 1.54) is 6.92 Å². The Balaban J connectivity index is 2.16. The minimum Gasteiger partial charge on any atom is -0.325 e. The van der Waals surface area contributed by atoms with E-state index in [2.05, 4.69) is 10.3 Å². The van der Waals surface area contributed by atoms with Crippen LogP contribution in [-0.2, 0) is 11.2 Å². The fourth-order valence-corrected chi connectivity index (χ4v) is 2.77. The highest BCUT2D eigenvalue weighted by molar-refractivity contribution is 6.03. The SMILES string of the molecule is CC(=O)c1ccccc1NC(=O)CCc1c(C)[nH]c(=O)c(C#N)c1C. The lowest BCUT2D eigenvalue weighted by atomic mass is 9.99. The molecule has 2 N–H and O–H groups in total. The lowest BCUT2D eigenvalue weighted by Crippen LogP contribution is -2.19. The number of hydrogen-bond acceptors (Lipinski definition) is 4. The zero-order chi connectivity index (χ0) is 18.6. The van der Waals surface area contributed by atoms with E-state index in [4.69, 9.17) is 5.26 Å². The summed E-state index contributed by atoms with van der Waals surface area (Å²) >= 11 is 0. The molecule has 128 valence electrons. The van der Waals surface area contributed by atoms with Crippen LogP contribution in [0.3, 0.4) is 0 Å². The van der Waals surface area contributed by atoms with E-state index >= 15 is 0 Å². The first-order valence-corrected chi connectivity index (χ1v) is 7.87. The standard InChI is InChI=1S/C19H19N3O3/c1-11-14(12(2)21-19(25)16(11)10-20)8-9-18(24)22-17-7-5-4-6-15(17)13(3)23/h4-7H,8-9H2,1-3H3,(H,21,25)(H,22,24). The molecule has 0 bridgehead atoms. The van der Waals surface area contributed by atoms with Gasteiger partial charge in [-0.3, -0.25) is 14.4 Å². The van der Waals surface area contributed by atoms with Gasteiger partial charge in [0.25, 0.3) is 5.56 Å². The van der Waals surface area contributed by atoms with Crippen LogP contribution in [0.2, 0.25) is 0 Å². The van der Waals surface area contributed by atoms with Crippen molar-refractivity contribution < 1.29 is 9.59 Å². The number of para-hydroxylation sites is 1. The summed E-state index contributed by atoms with van der Waals surface area (Å²) in [6, 6.07) is 8.72. The van der Waals surface area contributed by atoms with Gasteiger partial charge in [-0.25, -0.2) is 0 Å². The van der Waals surface area contributed by atoms with Crippen molar-refractivity contribution in [1.29, 1.82) is 5.26 Å². The fraction of sp³-hybridized carbons (Fsp3) is 0.263. The number of carbonyl (C=O) groups is 2. The van der Waals surface area contributed by atoms with Crippen LogP contribution < -0.4 is 10.9 Å². The molecule has 0 aliphatic rings. The quantitative estimate of drug-likeness (QED) is 0.819. The molecule has 6 heteroatoms. The van der Waals surface area contributed by atoms with Gasteiger partial charge in [-0.05, 0) is 50.5 Å². The Morgan fingerprint density at radius 2 is 1.92 bits per heavy atom. The molecule has 2 rings (SSSR count). The van der Waals surface area contributed by atoms with Crippen molar-refractivity contribution in [2.75, 3.05) is 5.32 Å². The largest absolute Gasteiger partial charge is 0.325 e. The molecule has 0 aliphatic carbocycles. The van der Waals surface area contributed by atoms with Crippen LogP contribution in [0.25, 0.3) is 0 Å². The minimum atomic E-state index is -0.416. The Labute approximate surface area is 145 Å². The molecule has 0 unspecified atom stereocenters. The van der Waals surface area contributed by atoms with Crippen LogP contribution in [-0.4, -0.2) is 16.7 Å². The van der Waals surface area contributed by atoms with E-state index in [0.29, 0.717) is 28.9 Å². The third kappa shape index (κ3) is 4.01. The predicted octanol–water partition coefficient (Wildman–Crippen LogP) is 2.64. The zero-order valence-corrected chi connectivity index (χ0v) is 14.4. The number of anilines is 1. The number of hydrogen-bond donors (Lipinski definition) is 2. The number of aromatic nitrogens is 1. The molecule has 1 aromatic carbocycles. The predicted molar refractivity (Wildman–Crippen MR) is 94.6 cm³/mol. The summed E-state index contributed by atoms with van der Waals surface area (Å²) in [6.45, 7) is 4.90. The summed E-state index contributed by atoms with van der Waals surface area (Å²) in [5.41, 5.74) is 2.63. The summed E-state index contributed by atoms with van der Waals surface area (Å²) < 4.78 is 0. The minimum absolute atomic E-state index is 0.0722. The molecule has 6 nitrogen and oxygen atoms in total. The van der Waals surface area contributed by atoms with Crippen molar-refractivity contribution in [2.45, 2.75) is 33.6 Å². The van der Waals surface area contributed by atoms with Gasteiger partial charge in [-0.15, -0.1) is 0 Å². The van der Waals surface area contributed by atoms with Gasteiger partial charge in [0.05, 0.1) is 5.69 Å². The van der Waals surface area contributed by atoms with Gasteiger partial charge in [-0.2, -0.15) is 5.26 Å². The topological polar surface area (TPSA) is 103 Å². The lowest BCUT2D eigenvalue weighted by Gasteiger charge is -2.12. The number of nitrogens with one attached hydrogen (secondary N) is 2. The van der Waals surface area contributed by atoms with Crippen molar-refractivity contribution in [3.05, 3.63) is 62.6 Å². The van der Waals surface area contributed by atoms with Gasteiger partial charge in [0, 0.05) is 17.7 Å². The van der Waals surface area contributed by atoms with Crippen LogP contribution in [0, 0.1) is 25.2 Å². The Kier molecular flexibility index (Phi) is 5.50. The second kappa shape index (κ2) is 7.58. The number of aryl methyl sites for hydroxylation is 1. The van der Waals surface area contributed by atoms with Gasteiger partial charge in [-0.1, -0.05) is 12.1 Å². The maximum absolute atomic E-state index is 12.2. The number of pyridine rings is 1. The van der Waals surface area contributed by atoms with Crippen molar-refractivity contribution in [3.63, 3.8) is 0 Å². The Hall–Kier alpha value is -3.20. The molecule has 0 aliphatic heterocycles. The number of H-pyrrole nitrogens is 1. The molecular weight excluding hydrogens is 318 g/mol. The Morgan fingerprint density at radius 1 is 1.24 bits per heavy atom. The summed E-state index contributed by atoms with van der Waals surface area (Å²) in [7, 11) is 0. The number of aromatic amines is 1. The van der Waals surface area contributed by atoms with Gasteiger partial charge < -0.3 is 10.3 Å². The normalized spacial score (nSPS) is 10.2. The molecule has 0 atom stereocenters. The highest BCUT2D eigenvalue weighted by Gasteiger charge is 2.14. The second-order valence-corrected chi connectivity index (χ2v) is 5.82. The van der Waals surface area contributed by atoms with Crippen LogP contribution in [0.1, 0.15) is 46.1 Å². The van der Waals surface area contributed by atoms with Crippen LogP contribution in [0.5, 0.6) is 0 Å². The lowest BCUT2D eigenvalue weighted by molar-refractivity contribution is -0.116. The first kappa shape index (κ1) is 18.1. The Morgan fingerprint density at radius 3 is 2.56 bits per heavy atom. The van der Waals surface area contributed by atoms with Gasteiger partial charge in [0.1, 0.15) is 11.6 Å². The van der Waals surface area contributed by atoms with E-state index in [9.17, 15) is 14.4 Å². The first-order chi connectivity index (χ1) is 11.8. The van der Waals surface area contributed by atoms with E-state index in [1.807, 2.05) is 6.07 Å². The molecule has 0 radical (unpaired) electrons. The summed E-state index contributed by atoms with van der Waals surface area (Å²) in [6.07, 6.45) is 0.558. The molecule has 1 amide bonds. The van der Waals surface area contributed by atoms with E-state index in [1.54, 1.807) is 38.1 Å². The molecule has 1 heterocycles. The maximum atomic E-state index is 12.2. The summed E-state index contributed by atoms with van der Waals surface area (Å²) in [5.74, 6) is -0.362. The number of benzene rings is 1. The van der Waals surface area contributed by atoms with Gasteiger partial charge >= 0.3 is 0 Å². The van der Waals surface area contributed by atoms with E-state index < -0.39 is 5.56 Å². The van der Waals surface area contributed by atoms with E-state index in [-0.39, 0.29) is 23.7 Å². The number of amides is 1. The monoisotopic (exact) mass is 337 g/mol. The molecule has 25 heavy (non-hydrogen) atoms. The molecule has 0 saturated heterocycles. The van der Waals surface area contributed by atoms with Gasteiger partial charge in [0.2, 0.25) is 5.91 Å². The molecule has 0 fully saturated rings. The molecule has 0 saturated carbocycles. The van der Waals surface area contributed by atoms with E-state index in [0.717, 1.165) is 5.56 Å². The number of ketones is 1. The van der Waals surface area contributed by atoms with Gasteiger partial charge in [0.15, 0.2) is 5.78 Å². The number of carbonyl (C=O) groups excluding carboxylic acids is 2. The number of nitrogens with zero attached hydrogens (tertiary/aromatic N) is 1. The van der Waals surface area contributed by atoms with Crippen LogP contribution in [0.4, 0.5) is 5.69 Å². The van der Waals surface area contributed by atoms with Crippen LogP contribution >= 0.6 is 0 Å². The molecular formula is C19H19N3O3. The summed E-state index contributed by atoms with van der Waals surface area (Å²) in [5, 5.41) is 11.8. The zero-order valence-electron chi connectivity index (χ0n) is 14.4. The molecule has 0 spiro atoms. The number of rotatable bonds is 5. The summed E-state index contributed by atoms with van der Waals surface area (Å²) in [4.78, 5) is 38.2.